The van der Waals surface area contributed by atoms with E-state index in [1.165, 1.54) is 0 Å². The Morgan fingerprint density at radius 2 is 1.50 bits per heavy atom. The lowest BCUT2D eigenvalue weighted by Gasteiger charge is -1.84. The molecule has 0 amide bonds. The first kappa shape index (κ1) is 11.8. The van der Waals surface area contributed by atoms with Crippen LogP contribution in [0, 0.1) is 0 Å². The molecule has 0 unspecified atom stereocenters. The van der Waals surface area contributed by atoms with E-state index in [4.69, 9.17) is 0 Å². The van der Waals surface area contributed by atoms with Crippen molar-refractivity contribution >= 4 is 12.2 Å². The summed E-state index contributed by atoms with van der Waals surface area (Å²) in [6.07, 6.45) is 8.45. The Kier molecular flexibility index (Phi) is 5.20. The minimum Gasteiger partial charge on any atom is -0.257 e. The largest absolute Gasteiger partial charge is 0.257 e. The highest BCUT2D eigenvalue weighted by Gasteiger charge is 1.79. The smallest absolute Gasteiger partial charge is 0.151 e. The first-order valence-electron chi connectivity index (χ1n) is 4.79. The van der Waals surface area contributed by atoms with E-state index in [-0.39, 0.29) is 0 Å². The van der Waals surface area contributed by atoms with Crippen LogP contribution in [0.15, 0.2) is 56.0 Å². The summed E-state index contributed by atoms with van der Waals surface area (Å²) in [5.74, 6) is 0.674. The van der Waals surface area contributed by atoms with Gasteiger partial charge in [0.1, 0.15) is 0 Å². The molecule has 2 rings (SSSR count). The fourth-order valence-electron chi connectivity index (χ4n) is 0.913. The van der Waals surface area contributed by atoms with Gasteiger partial charge in [0.25, 0.3) is 0 Å². The van der Waals surface area contributed by atoms with Crippen LogP contribution in [0.1, 0.15) is 11.5 Å². The van der Waals surface area contributed by atoms with Crippen molar-refractivity contribution in [3.8, 4) is 0 Å². The molecule has 2 aromatic rings. The summed E-state index contributed by atoms with van der Waals surface area (Å²) >= 11 is 0. The average molecular weight is 211 g/mol. The van der Waals surface area contributed by atoms with E-state index in [1.807, 2.05) is 18.2 Å². The number of nitrogens with zero attached hydrogens (tertiary/aromatic N) is 3. The van der Waals surface area contributed by atoms with Gasteiger partial charge < -0.3 is 0 Å². The highest BCUT2D eigenvalue weighted by Crippen LogP contribution is 1.91. The summed E-state index contributed by atoms with van der Waals surface area (Å²) in [4.78, 5) is 11.7. The van der Waals surface area contributed by atoms with Crippen LogP contribution in [0.25, 0.3) is 12.2 Å². The minimum atomic E-state index is 0.674. The molecule has 0 aromatic carbocycles. The zero-order valence-electron chi connectivity index (χ0n) is 8.95. The van der Waals surface area contributed by atoms with E-state index in [0.29, 0.717) is 5.82 Å². The van der Waals surface area contributed by atoms with E-state index in [9.17, 15) is 0 Å². The lowest BCUT2D eigenvalue weighted by molar-refractivity contribution is 1.14. The van der Waals surface area contributed by atoms with Crippen LogP contribution in [0.4, 0.5) is 0 Å². The molecule has 0 spiro atoms. The molecule has 80 valence electrons. The highest BCUT2D eigenvalue weighted by molar-refractivity contribution is 5.40. The molecule has 0 aliphatic rings. The van der Waals surface area contributed by atoms with Crippen molar-refractivity contribution < 1.29 is 0 Å². The van der Waals surface area contributed by atoms with E-state index in [2.05, 4.69) is 28.1 Å². The van der Waals surface area contributed by atoms with E-state index >= 15 is 0 Å². The van der Waals surface area contributed by atoms with Crippen LogP contribution >= 0.6 is 0 Å². The van der Waals surface area contributed by atoms with Gasteiger partial charge in [-0.2, -0.15) is 0 Å². The molecule has 16 heavy (non-hydrogen) atoms. The van der Waals surface area contributed by atoms with E-state index in [1.54, 1.807) is 36.8 Å². The van der Waals surface area contributed by atoms with Crippen molar-refractivity contribution in [2.45, 2.75) is 0 Å². The van der Waals surface area contributed by atoms with Crippen LogP contribution in [-0.2, 0) is 0 Å². The maximum atomic E-state index is 3.98. The van der Waals surface area contributed by atoms with Crippen LogP contribution in [0.5, 0.6) is 0 Å². The zero-order valence-corrected chi connectivity index (χ0v) is 8.95. The Morgan fingerprint density at radius 3 is 1.88 bits per heavy atom. The van der Waals surface area contributed by atoms with Crippen LogP contribution < -0.4 is 0 Å². The summed E-state index contributed by atoms with van der Waals surface area (Å²) in [6.45, 7) is 7.07. The molecule has 2 heterocycles. The lowest BCUT2D eigenvalue weighted by Crippen LogP contribution is -1.80. The third-order valence-corrected chi connectivity index (χ3v) is 1.67. The topological polar surface area (TPSA) is 38.7 Å². The Morgan fingerprint density at radius 1 is 0.812 bits per heavy atom. The van der Waals surface area contributed by atoms with Gasteiger partial charge in [-0.3, -0.25) is 4.98 Å². The van der Waals surface area contributed by atoms with Gasteiger partial charge in [-0.1, -0.05) is 19.2 Å². The molecule has 0 aliphatic heterocycles. The van der Waals surface area contributed by atoms with Gasteiger partial charge in [-0.25, -0.2) is 9.97 Å². The summed E-state index contributed by atoms with van der Waals surface area (Å²) < 4.78 is 0. The predicted octanol–water partition coefficient (Wildman–Crippen LogP) is 2.84. The molecule has 0 N–H and O–H groups in total. The second-order valence-electron chi connectivity index (χ2n) is 2.77. The predicted molar refractivity (Wildman–Crippen MR) is 66.5 cm³/mol. The molecule has 0 bridgehead atoms. The molecule has 0 atom stereocenters. The quantitative estimate of drug-likeness (QED) is 0.766. The van der Waals surface area contributed by atoms with Gasteiger partial charge >= 0.3 is 0 Å². The molecule has 2 aromatic heterocycles. The Labute approximate surface area is 95.2 Å². The molecular formula is C13H13N3. The summed E-state index contributed by atoms with van der Waals surface area (Å²) in [6, 6.07) is 7.50. The fraction of sp³-hybridized carbons (Fsp3) is 0. The van der Waals surface area contributed by atoms with Gasteiger partial charge in [0.15, 0.2) is 5.82 Å². The van der Waals surface area contributed by atoms with Crippen LogP contribution in [-0.4, -0.2) is 15.0 Å². The van der Waals surface area contributed by atoms with Crippen LogP contribution in [0.3, 0.4) is 0 Å². The van der Waals surface area contributed by atoms with Crippen molar-refractivity contribution in [3.05, 3.63) is 67.5 Å². The minimum absolute atomic E-state index is 0.674. The van der Waals surface area contributed by atoms with Gasteiger partial charge in [-0.15, -0.1) is 0 Å². The first-order valence-corrected chi connectivity index (χ1v) is 4.79. The number of hydrogen-bond donors (Lipinski definition) is 0. The first-order chi connectivity index (χ1) is 7.86. The third kappa shape index (κ3) is 4.28. The van der Waals surface area contributed by atoms with Gasteiger partial charge in [0.05, 0.1) is 5.69 Å². The Bertz CT molecular complexity index is 380. The molecule has 0 fully saturated rings. The summed E-state index contributed by atoms with van der Waals surface area (Å²) in [7, 11) is 0. The number of rotatable bonds is 2. The summed E-state index contributed by atoms with van der Waals surface area (Å²) in [5.41, 5.74) is 0.924. The maximum Gasteiger partial charge on any atom is 0.151 e. The molecular weight excluding hydrogens is 198 g/mol. The molecule has 0 saturated heterocycles. The van der Waals surface area contributed by atoms with Gasteiger partial charge in [-0.05, 0) is 30.4 Å². The number of aromatic nitrogens is 3. The van der Waals surface area contributed by atoms with Crippen molar-refractivity contribution in [1.29, 1.82) is 0 Å². The van der Waals surface area contributed by atoms with Crippen molar-refractivity contribution in [1.82, 2.24) is 15.0 Å². The lowest BCUT2D eigenvalue weighted by atomic mass is 10.4. The monoisotopic (exact) mass is 211 g/mol. The maximum absolute atomic E-state index is 3.98. The fourth-order valence-corrected chi connectivity index (χ4v) is 0.913. The molecule has 0 aliphatic carbocycles. The number of hydrogen-bond acceptors (Lipinski definition) is 3. The molecule has 3 nitrogen and oxygen atoms in total. The van der Waals surface area contributed by atoms with Gasteiger partial charge in [0, 0.05) is 18.6 Å². The van der Waals surface area contributed by atoms with Crippen molar-refractivity contribution in [2.24, 2.45) is 0 Å². The van der Waals surface area contributed by atoms with E-state index in [0.717, 1.165) is 5.69 Å². The second-order valence-corrected chi connectivity index (χ2v) is 2.77. The Balaban J connectivity index is 0.000000160. The highest BCUT2D eigenvalue weighted by atomic mass is 14.8. The zero-order chi connectivity index (χ0) is 11.6. The third-order valence-electron chi connectivity index (χ3n) is 1.67. The Hall–Kier alpha value is -2.29. The molecule has 0 saturated carbocycles. The molecule has 3 heteroatoms. The second kappa shape index (κ2) is 7.06. The average Bonchev–Trinajstić information content (AvgIpc) is 2.41. The normalized spacial score (nSPS) is 8.50. The molecule has 0 radical (unpaired) electrons. The van der Waals surface area contributed by atoms with Crippen molar-refractivity contribution in [3.63, 3.8) is 0 Å². The summed E-state index contributed by atoms with van der Waals surface area (Å²) in [5, 5.41) is 0. The van der Waals surface area contributed by atoms with Crippen LogP contribution in [0.2, 0.25) is 0 Å². The van der Waals surface area contributed by atoms with E-state index < -0.39 is 0 Å². The SMILES string of the molecule is C=Cc1ccccn1.C=Cc1ncccn1. The van der Waals surface area contributed by atoms with Gasteiger partial charge in [0.2, 0.25) is 0 Å². The number of pyridine rings is 1. The van der Waals surface area contributed by atoms with Crippen molar-refractivity contribution in [2.75, 3.05) is 0 Å². The standard InChI is InChI=1S/C7H7N.C6H6N2/c1-2-7-5-3-4-6-8-7;1-2-6-7-4-3-5-8-6/h2-6H,1H2;2-5H,1H2.